The summed E-state index contributed by atoms with van der Waals surface area (Å²) in [5.41, 5.74) is 6.30. The number of carboxylic acids is 1. The molecular formula is C12H24N4O3. The normalized spacial score (nSPS) is 12.9. The molecule has 0 aliphatic carbocycles. The molecule has 19 heavy (non-hydrogen) atoms. The number of hydrogen-bond donors (Lipinski definition) is 3. The molecule has 0 aliphatic rings. The Bertz CT molecular complexity index is 344. The number of hydrogen-bond acceptors (Lipinski definition) is 5. The summed E-state index contributed by atoms with van der Waals surface area (Å²) in [7, 11) is 1.48. The average Bonchev–Trinajstić information content (AvgIpc) is 2.36. The van der Waals surface area contributed by atoms with Crippen molar-refractivity contribution in [2.24, 2.45) is 11.6 Å². The molecule has 0 rings (SSSR count). The lowest BCUT2D eigenvalue weighted by atomic mass is 10.2. The van der Waals surface area contributed by atoms with Gasteiger partial charge in [0, 0.05) is 31.9 Å². The van der Waals surface area contributed by atoms with E-state index in [-0.39, 0.29) is 12.3 Å². The zero-order chi connectivity index (χ0) is 15.0. The number of carboxylic acid groups (broad SMARTS) is 1. The van der Waals surface area contributed by atoms with Gasteiger partial charge in [-0.3, -0.25) is 4.79 Å². The van der Waals surface area contributed by atoms with Crippen LogP contribution in [0.1, 0.15) is 33.1 Å². The fraction of sp³-hybridized carbons (Fsp3) is 0.667. The smallest absolute Gasteiger partial charge is 0.326 e. The zero-order valence-corrected chi connectivity index (χ0v) is 11.8. The Labute approximate surface area is 113 Å². The van der Waals surface area contributed by atoms with Crippen LogP contribution in [0.25, 0.3) is 0 Å². The maximum Gasteiger partial charge on any atom is 0.326 e. The number of aliphatic carboxylic acids is 1. The first-order valence-corrected chi connectivity index (χ1v) is 6.25. The van der Waals surface area contributed by atoms with Crippen LogP contribution in [0.4, 0.5) is 0 Å². The van der Waals surface area contributed by atoms with Crippen molar-refractivity contribution in [3.63, 3.8) is 0 Å². The topological polar surface area (TPSA) is 113 Å². The molecule has 0 fully saturated rings. The highest BCUT2D eigenvalue weighted by molar-refractivity contribution is 5.83. The number of hydrazine groups is 1. The summed E-state index contributed by atoms with van der Waals surface area (Å²) in [5, 5.41) is 10.2. The fourth-order valence-electron chi connectivity index (χ4n) is 1.34. The van der Waals surface area contributed by atoms with Crippen LogP contribution in [0.5, 0.6) is 0 Å². The molecule has 5 N–H and O–H groups in total. The first-order chi connectivity index (χ1) is 8.79. The summed E-state index contributed by atoms with van der Waals surface area (Å²) in [6.07, 6.45) is 3.14. The fourth-order valence-corrected chi connectivity index (χ4v) is 1.34. The lowest BCUT2D eigenvalue weighted by molar-refractivity contribution is -0.148. The largest absolute Gasteiger partial charge is 0.480 e. The van der Waals surface area contributed by atoms with Crippen molar-refractivity contribution in [2.45, 2.75) is 39.2 Å². The number of carbonyl (C=O) groups excluding carboxylic acids is 1. The average molecular weight is 272 g/mol. The second-order valence-corrected chi connectivity index (χ2v) is 4.42. The predicted octanol–water partition coefficient (Wildman–Crippen LogP) is 0.0839. The molecule has 1 unspecified atom stereocenters. The van der Waals surface area contributed by atoms with Gasteiger partial charge in [-0.2, -0.15) is 0 Å². The number of nitrogens with zero attached hydrogens (tertiary/aromatic N) is 2. The van der Waals surface area contributed by atoms with E-state index in [0.29, 0.717) is 25.1 Å². The summed E-state index contributed by atoms with van der Waals surface area (Å²) >= 11 is 0. The van der Waals surface area contributed by atoms with E-state index in [2.05, 4.69) is 0 Å². The molecular weight excluding hydrogens is 248 g/mol. The molecule has 0 radical (unpaired) electrons. The Morgan fingerprint density at radius 3 is 2.47 bits per heavy atom. The van der Waals surface area contributed by atoms with Crippen LogP contribution >= 0.6 is 0 Å². The molecule has 1 amide bonds. The molecule has 0 heterocycles. The van der Waals surface area contributed by atoms with Crippen molar-refractivity contribution < 1.29 is 14.7 Å². The van der Waals surface area contributed by atoms with Gasteiger partial charge in [-0.15, -0.1) is 0 Å². The van der Waals surface area contributed by atoms with Crippen molar-refractivity contribution in [3.8, 4) is 0 Å². The van der Waals surface area contributed by atoms with Gasteiger partial charge < -0.3 is 20.7 Å². The van der Waals surface area contributed by atoms with Gasteiger partial charge in [-0.05, 0) is 19.8 Å². The van der Waals surface area contributed by atoms with Crippen molar-refractivity contribution in [1.82, 2.24) is 9.91 Å². The standard InChI is InChI=1S/C12H24N4O3/c1-4-10(13)8-16(14)7-5-6-11(17)15(3)9(2)12(18)19/h8-9H,4-7,13-14H2,1-3H3,(H,18,19)/b10-8-. The van der Waals surface area contributed by atoms with E-state index in [9.17, 15) is 9.59 Å². The lowest BCUT2D eigenvalue weighted by Gasteiger charge is -2.22. The predicted molar refractivity (Wildman–Crippen MR) is 72.6 cm³/mol. The van der Waals surface area contributed by atoms with Crippen molar-refractivity contribution >= 4 is 11.9 Å². The number of amides is 1. The van der Waals surface area contributed by atoms with Crippen molar-refractivity contribution in [1.29, 1.82) is 0 Å². The van der Waals surface area contributed by atoms with Crippen molar-refractivity contribution in [2.75, 3.05) is 13.6 Å². The van der Waals surface area contributed by atoms with Crippen LogP contribution < -0.4 is 11.6 Å². The highest BCUT2D eigenvalue weighted by atomic mass is 16.4. The van der Waals surface area contributed by atoms with E-state index in [4.69, 9.17) is 16.7 Å². The van der Waals surface area contributed by atoms with E-state index in [0.717, 1.165) is 0 Å². The molecule has 1 atom stereocenters. The summed E-state index contributed by atoms with van der Waals surface area (Å²) in [4.78, 5) is 23.7. The quantitative estimate of drug-likeness (QED) is 0.426. The maximum absolute atomic E-state index is 11.7. The van der Waals surface area contributed by atoms with E-state index < -0.39 is 12.0 Å². The SMILES string of the molecule is CC/C(N)=C/N(N)CCCC(=O)N(C)C(C)C(=O)O. The Morgan fingerprint density at radius 2 is 2.00 bits per heavy atom. The van der Waals surface area contributed by atoms with Gasteiger partial charge in [0.15, 0.2) is 0 Å². The van der Waals surface area contributed by atoms with Gasteiger partial charge in [0.25, 0.3) is 0 Å². The van der Waals surface area contributed by atoms with Crippen LogP contribution in [0.2, 0.25) is 0 Å². The molecule has 0 aromatic rings. The molecule has 0 saturated heterocycles. The third kappa shape index (κ3) is 6.66. The minimum Gasteiger partial charge on any atom is -0.480 e. The Morgan fingerprint density at radius 1 is 1.42 bits per heavy atom. The second-order valence-electron chi connectivity index (χ2n) is 4.42. The van der Waals surface area contributed by atoms with Crippen LogP contribution in [0, 0.1) is 0 Å². The van der Waals surface area contributed by atoms with Crippen LogP contribution in [0.15, 0.2) is 11.9 Å². The van der Waals surface area contributed by atoms with Crippen molar-refractivity contribution in [3.05, 3.63) is 11.9 Å². The van der Waals surface area contributed by atoms with Gasteiger partial charge in [-0.25, -0.2) is 10.6 Å². The molecule has 0 aliphatic heterocycles. The first-order valence-electron chi connectivity index (χ1n) is 6.25. The molecule has 7 heteroatoms. The van der Waals surface area contributed by atoms with E-state index >= 15 is 0 Å². The van der Waals surface area contributed by atoms with E-state index in [1.54, 1.807) is 6.20 Å². The molecule has 0 aromatic heterocycles. The summed E-state index contributed by atoms with van der Waals surface area (Å²) in [5.74, 6) is 4.45. The summed E-state index contributed by atoms with van der Waals surface area (Å²) in [6.45, 7) is 3.88. The van der Waals surface area contributed by atoms with Crippen LogP contribution in [-0.4, -0.2) is 46.5 Å². The highest BCUT2D eigenvalue weighted by Crippen LogP contribution is 2.03. The molecule has 0 saturated carbocycles. The first kappa shape index (κ1) is 17.2. The molecule has 0 aromatic carbocycles. The third-order valence-corrected chi connectivity index (χ3v) is 2.88. The van der Waals surface area contributed by atoms with Gasteiger partial charge in [-0.1, -0.05) is 6.92 Å². The zero-order valence-electron chi connectivity index (χ0n) is 11.8. The molecule has 7 nitrogen and oxygen atoms in total. The number of likely N-dealkylation sites (N-methyl/N-ethyl adjacent to an activating group) is 1. The molecule has 0 bridgehead atoms. The highest BCUT2D eigenvalue weighted by Gasteiger charge is 2.20. The summed E-state index contributed by atoms with van der Waals surface area (Å²) in [6, 6.07) is -0.822. The number of nitrogens with two attached hydrogens (primary N) is 2. The lowest BCUT2D eigenvalue weighted by Crippen LogP contribution is -2.40. The third-order valence-electron chi connectivity index (χ3n) is 2.88. The minimum absolute atomic E-state index is 0.212. The Kier molecular flexibility index (Phi) is 7.59. The number of rotatable bonds is 8. The number of carbonyl (C=O) groups is 2. The minimum atomic E-state index is -1.02. The second kappa shape index (κ2) is 8.36. The number of allylic oxidation sites excluding steroid dienone is 1. The monoisotopic (exact) mass is 272 g/mol. The van der Waals surface area contributed by atoms with E-state index in [1.807, 2.05) is 6.92 Å². The van der Waals surface area contributed by atoms with Crippen LogP contribution in [-0.2, 0) is 9.59 Å². The van der Waals surface area contributed by atoms with Gasteiger partial charge in [0.05, 0.1) is 0 Å². The van der Waals surface area contributed by atoms with Gasteiger partial charge in [0.1, 0.15) is 6.04 Å². The van der Waals surface area contributed by atoms with Gasteiger partial charge in [0.2, 0.25) is 5.91 Å². The molecule has 0 spiro atoms. The van der Waals surface area contributed by atoms with Gasteiger partial charge >= 0.3 is 5.97 Å². The molecule has 110 valence electrons. The van der Waals surface area contributed by atoms with E-state index in [1.165, 1.54) is 23.9 Å². The summed E-state index contributed by atoms with van der Waals surface area (Å²) < 4.78 is 0. The van der Waals surface area contributed by atoms with Crippen LogP contribution in [0.3, 0.4) is 0 Å². The Hall–Kier alpha value is -1.76. The maximum atomic E-state index is 11.7. The Balaban J connectivity index is 4.08.